The number of anilines is 2. The molecular weight excluding hydrogens is 1210 g/mol. The molecule has 0 saturated carbocycles. The lowest BCUT2D eigenvalue weighted by Gasteiger charge is -2.42. The maximum Gasteiger partial charge on any atom is 0.327 e. The molecule has 8 heterocycles. The Bertz CT molecular complexity index is 3300. The fourth-order valence-corrected chi connectivity index (χ4v) is 16.2. The van der Waals surface area contributed by atoms with Crippen molar-refractivity contribution in [3.05, 3.63) is 65.6 Å². The van der Waals surface area contributed by atoms with Gasteiger partial charge in [-0.1, -0.05) is 71.5 Å². The molecule has 10 atom stereocenters. The summed E-state index contributed by atoms with van der Waals surface area (Å²) >= 11 is 18.6. The number of carbonyl (C=O) groups is 2. The highest BCUT2D eigenvalue weighted by Gasteiger charge is 2.57. The van der Waals surface area contributed by atoms with Gasteiger partial charge in [-0.25, -0.2) is 15.0 Å². The first-order valence-corrected chi connectivity index (χ1v) is 39.7. The molecule has 3 fully saturated rings. The molecule has 30 heteroatoms. The molecule has 2 N–H and O–H groups in total. The summed E-state index contributed by atoms with van der Waals surface area (Å²) in [6.07, 6.45) is -3.05. The van der Waals surface area contributed by atoms with Gasteiger partial charge in [0.15, 0.2) is 46.1 Å². The van der Waals surface area contributed by atoms with Crippen molar-refractivity contribution in [2.45, 2.75) is 174 Å². The van der Waals surface area contributed by atoms with Crippen LogP contribution < -0.4 is 20.0 Å². The van der Waals surface area contributed by atoms with E-state index in [0.717, 1.165) is 5.56 Å². The molecule has 9 rings (SSSR count). The molecule has 2 bridgehead atoms. The summed E-state index contributed by atoms with van der Waals surface area (Å²) < 4.78 is 64.8. The van der Waals surface area contributed by atoms with E-state index in [0.29, 0.717) is 41.8 Å². The van der Waals surface area contributed by atoms with Gasteiger partial charge >= 0.3 is 6.72 Å². The van der Waals surface area contributed by atoms with Crippen molar-refractivity contribution in [1.29, 1.82) is 5.26 Å². The van der Waals surface area contributed by atoms with Gasteiger partial charge in [0.2, 0.25) is 11.2 Å². The number of aromatic nitrogens is 7. The van der Waals surface area contributed by atoms with E-state index in [1.165, 1.54) is 43.8 Å². The summed E-state index contributed by atoms with van der Waals surface area (Å²) in [4.78, 5) is 67.6. The maximum absolute atomic E-state index is 15.1. The molecule has 84 heavy (non-hydrogen) atoms. The Hall–Kier alpha value is -3.60. The minimum Gasteiger partial charge on any atom is -0.780 e. The van der Waals surface area contributed by atoms with Gasteiger partial charge in [-0.15, -0.1) is 0 Å². The van der Waals surface area contributed by atoms with E-state index in [9.17, 15) is 14.9 Å². The van der Waals surface area contributed by atoms with E-state index >= 15 is 4.89 Å². The van der Waals surface area contributed by atoms with E-state index < -0.39 is 98.3 Å². The third-order valence-corrected chi connectivity index (χ3v) is 29.6. The number of aryl methyl sites for hydroxylation is 1. The zero-order valence-electron chi connectivity index (χ0n) is 50.3. The molecule has 0 radical (unpaired) electrons. The van der Waals surface area contributed by atoms with Crippen molar-refractivity contribution >= 4 is 111 Å². The van der Waals surface area contributed by atoms with E-state index in [2.05, 4.69) is 102 Å². The molecule has 4 aromatic heterocycles. The summed E-state index contributed by atoms with van der Waals surface area (Å²) in [5.41, 5.74) is 2.19. The third kappa shape index (κ3) is 14.6. The van der Waals surface area contributed by atoms with Crippen LogP contribution in [0.25, 0.3) is 22.2 Å². The minimum absolute atomic E-state index is 0.0518. The third-order valence-electron chi connectivity index (χ3n) is 16.6. The quantitative estimate of drug-likeness (QED) is 0.0457. The van der Waals surface area contributed by atoms with Crippen LogP contribution in [0.5, 0.6) is 0 Å². The minimum atomic E-state index is -4.57. The van der Waals surface area contributed by atoms with Crippen LogP contribution in [0.2, 0.25) is 41.5 Å². The zero-order chi connectivity index (χ0) is 61.3. The average Bonchev–Trinajstić information content (AvgIpc) is 3.18. The molecule has 4 aliphatic heterocycles. The number of nitriles is 1. The predicted molar refractivity (Wildman–Crippen MR) is 330 cm³/mol. The molecule has 460 valence electrons. The molecule has 2 unspecified atom stereocenters. The Kier molecular flexibility index (Phi) is 21.0. The second-order valence-corrected chi connectivity index (χ2v) is 39.7. The molecule has 23 nitrogen and oxygen atoms in total. The number of nitrogens with one attached hydrogen (secondary N) is 2. The highest BCUT2D eigenvalue weighted by atomic mass is 35.5. The average molecular weight is 1290 g/mol. The number of amides is 2. The number of benzene rings is 1. The van der Waals surface area contributed by atoms with Crippen molar-refractivity contribution in [2.24, 2.45) is 0 Å². The van der Waals surface area contributed by atoms with Gasteiger partial charge in [0.05, 0.1) is 63.7 Å². The molecule has 5 aromatic rings. The van der Waals surface area contributed by atoms with Crippen molar-refractivity contribution < 1.29 is 60.3 Å². The van der Waals surface area contributed by atoms with Crippen LogP contribution in [-0.4, -0.2) is 145 Å². The van der Waals surface area contributed by atoms with Gasteiger partial charge in [-0.2, -0.15) is 15.2 Å². The summed E-state index contributed by atoms with van der Waals surface area (Å²) in [7, 11) is -5.58. The Labute approximate surface area is 509 Å². The van der Waals surface area contributed by atoms with Crippen LogP contribution >= 0.6 is 25.0 Å². The number of hydrogen-bond donors (Lipinski definition) is 2. The molecule has 2 amide bonds. The number of hydrogen-bond acceptors (Lipinski definition) is 20. The summed E-state index contributed by atoms with van der Waals surface area (Å²) in [6, 6.07) is 11.1. The Morgan fingerprint density at radius 1 is 0.869 bits per heavy atom. The van der Waals surface area contributed by atoms with E-state index in [4.69, 9.17) is 86.1 Å². The first-order valence-electron chi connectivity index (χ1n) is 28.4. The van der Waals surface area contributed by atoms with Crippen molar-refractivity contribution in [3.8, 4) is 6.07 Å². The number of nitrogens with zero attached hydrogens (tertiary/aromatic N) is 9. The number of carbonyl (C=O) groups excluding carboxylic acids is 2. The van der Waals surface area contributed by atoms with Crippen LogP contribution in [-0.2, 0) is 75.8 Å². The van der Waals surface area contributed by atoms with E-state index in [1.807, 2.05) is 42.1 Å². The molecule has 0 aliphatic carbocycles. The number of ether oxygens (including phenoxy) is 2. The summed E-state index contributed by atoms with van der Waals surface area (Å²) in [6.45, 7) is 23.3. The zero-order valence-corrected chi connectivity index (χ0v) is 56.5. The van der Waals surface area contributed by atoms with Gasteiger partial charge < -0.3 is 56.1 Å². The van der Waals surface area contributed by atoms with Gasteiger partial charge in [0, 0.05) is 25.2 Å². The first kappa shape index (κ1) is 66.4. The lowest BCUT2D eigenvalue weighted by molar-refractivity contribution is -0.894. The van der Waals surface area contributed by atoms with Crippen LogP contribution in [0.1, 0.15) is 110 Å². The largest absolute Gasteiger partial charge is 0.780 e. The molecule has 3 saturated heterocycles. The fourth-order valence-electron chi connectivity index (χ4n) is 9.91. The van der Waals surface area contributed by atoms with Crippen LogP contribution in [0.15, 0.2) is 49.2 Å². The highest BCUT2D eigenvalue weighted by molar-refractivity contribution is 8.07. The normalized spacial score (nSPS) is 27.0. The highest BCUT2D eigenvalue weighted by Crippen LogP contribution is 2.58. The monoisotopic (exact) mass is 1290 g/mol. The van der Waals surface area contributed by atoms with Crippen LogP contribution in [0, 0.1) is 11.3 Å². The Morgan fingerprint density at radius 2 is 1.51 bits per heavy atom. The molecule has 1 aromatic carbocycles. The second-order valence-electron chi connectivity index (χ2n) is 24.2. The lowest BCUT2D eigenvalue weighted by Crippen LogP contribution is -3.11. The Balaban J connectivity index is 0.00000124. The van der Waals surface area contributed by atoms with Crippen molar-refractivity contribution in [2.75, 3.05) is 56.2 Å². The molecule has 0 spiro atoms. The van der Waals surface area contributed by atoms with E-state index in [1.54, 1.807) is 21.9 Å². The van der Waals surface area contributed by atoms with Crippen molar-refractivity contribution in [3.63, 3.8) is 0 Å². The smallest absolute Gasteiger partial charge is 0.327 e. The Morgan fingerprint density at radius 3 is 2.13 bits per heavy atom. The maximum atomic E-state index is 15.1. The molecular formula is C54H80ClN11O12P2S2Si2. The van der Waals surface area contributed by atoms with E-state index in [-0.39, 0.29) is 51.3 Å². The van der Waals surface area contributed by atoms with Crippen LogP contribution in [0.3, 0.4) is 0 Å². The number of rotatable bonds is 14. The summed E-state index contributed by atoms with van der Waals surface area (Å²) in [5.74, 6) is -0.121. The number of imidazole rings is 1. The van der Waals surface area contributed by atoms with Gasteiger partial charge in [0.1, 0.15) is 61.1 Å². The molecule has 4 aliphatic rings. The van der Waals surface area contributed by atoms with Crippen LogP contribution in [0.4, 0.5) is 11.6 Å². The number of quaternary nitrogens is 1. The summed E-state index contributed by atoms with van der Waals surface area (Å²) in [5, 5.41) is 12.2. The SMILES string of the molecule is CC(=O)Nc1nc(Cl)nc2c1ncn2[C@@H]1O[C@@H]2COP([O-])(=S)O[C@H]3[C@@H](O[Si](C)(C)C(C)(C)C)[C@H](n4cc5c6c(ncnc64)N(C(=O)c4ccccc4)CCC5)O[C@@H]3COP(=S)(OCCC#N)O[C@@H]1[C@@H]2O[Si](C)(C)C(C)(C)C.CC[NH+](CC)CC. The standard InChI is InChI=1S/C48H65ClN10O12P2S2Si2.C6H15N/c1-28(60)54-39-34-42(56-46(49)55-39)59(27-53-34)44-37-36(70-76(8,9)47(2,3)4)32(67-44)24-64-72(62,74)68-35-31(25-65-73(75,69-37)63-22-16-20-50)66-45(38(35)71-77(10,11)48(5,6)7)58-23-30-19-15-21-57(40-33(30)41(58)52-26-51-40)43(61)29-17-13-12-14-18-29;1-4-7(5-2)6-3/h12-14,17-18,23,26-27,31-32,35-38,44-45H,15-16,19,21-22,24-25H2,1-11H3,(H,62,74)(H,54,55,56,60);4-6H2,1-3H3/t31-,32-,35-,36-,37-,38-,44-,45-,72?,73?;/m1./s1. The first-order chi connectivity index (χ1) is 39.5. The predicted octanol–water partition coefficient (Wildman–Crippen LogP) is 8.54. The van der Waals surface area contributed by atoms with Gasteiger partial charge in [0.25, 0.3) is 5.91 Å². The van der Waals surface area contributed by atoms with Gasteiger partial charge in [-0.3, -0.25) is 23.6 Å². The fraction of sp³-hybridized carbons (Fsp3) is 0.630. The number of fused-ring (bicyclic) bond motifs is 4. The number of halogens is 1. The van der Waals surface area contributed by atoms with Crippen molar-refractivity contribution in [1.82, 2.24) is 34.1 Å². The lowest BCUT2D eigenvalue weighted by atomic mass is 10.1. The van der Waals surface area contributed by atoms with Gasteiger partial charge in [-0.05, 0) is 111 Å². The topological polar surface area (TPSA) is 258 Å². The second kappa shape index (κ2) is 26.6.